The van der Waals surface area contributed by atoms with E-state index in [9.17, 15) is 4.79 Å². The Labute approximate surface area is 147 Å². The quantitative estimate of drug-likeness (QED) is 0.341. The molecule has 0 aromatic carbocycles. The van der Waals surface area contributed by atoms with Gasteiger partial charge in [0.05, 0.1) is 6.61 Å². The number of carbonyl (C=O) groups is 1. The van der Waals surface area contributed by atoms with Gasteiger partial charge in [0.25, 0.3) is 0 Å². The highest BCUT2D eigenvalue weighted by Gasteiger charge is 2.21. The molecule has 0 saturated carbocycles. The molecule has 0 aromatic rings. The number of nitrogens with two attached hydrogens (primary N) is 1. The minimum Gasteiger partial charge on any atom is -0.444 e. The molecule has 0 fully saturated rings. The van der Waals surface area contributed by atoms with Crippen LogP contribution in [0.3, 0.4) is 0 Å². The summed E-state index contributed by atoms with van der Waals surface area (Å²) >= 11 is 0. The largest absolute Gasteiger partial charge is 0.444 e. The second-order valence-corrected chi connectivity index (χ2v) is 6.71. The van der Waals surface area contributed by atoms with E-state index in [1.54, 1.807) is 12.0 Å². The van der Waals surface area contributed by atoms with Crippen LogP contribution >= 0.6 is 0 Å². The van der Waals surface area contributed by atoms with Gasteiger partial charge in [0.1, 0.15) is 5.60 Å². The summed E-state index contributed by atoms with van der Waals surface area (Å²) in [7, 11) is 1.61. The second-order valence-electron chi connectivity index (χ2n) is 6.71. The first-order valence-corrected chi connectivity index (χ1v) is 8.80. The maximum Gasteiger partial charge on any atom is 0.410 e. The lowest BCUT2D eigenvalue weighted by molar-refractivity contribution is 0.0206. The molecule has 0 unspecified atom stereocenters. The number of aliphatic imine (C=N–C) groups is 1. The van der Waals surface area contributed by atoms with Crippen LogP contribution in [0.2, 0.25) is 0 Å². The summed E-state index contributed by atoms with van der Waals surface area (Å²) in [5.74, 6) is 0.419. The molecular weight excluding hydrogens is 308 g/mol. The molecule has 0 aliphatic rings. The van der Waals surface area contributed by atoms with Crippen molar-refractivity contribution < 1.29 is 14.3 Å². The van der Waals surface area contributed by atoms with Gasteiger partial charge in [0, 0.05) is 33.3 Å². The Morgan fingerprint density at radius 1 is 1.21 bits per heavy atom. The van der Waals surface area contributed by atoms with Crippen molar-refractivity contribution in [1.29, 1.82) is 0 Å². The molecule has 0 atom stereocenters. The third-order valence-corrected chi connectivity index (χ3v) is 3.20. The van der Waals surface area contributed by atoms with Crippen molar-refractivity contribution in [2.24, 2.45) is 10.7 Å². The molecule has 0 aromatic heterocycles. The van der Waals surface area contributed by atoms with Gasteiger partial charge in [-0.3, -0.25) is 4.99 Å². The predicted molar refractivity (Wildman–Crippen MR) is 98.3 cm³/mol. The van der Waals surface area contributed by atoms with E-state index in [-0.39, 0.29) is 6.09 Å². The summed E-state index contributed by atoms with van der Waals surface area (Å²) < 4.78 is 10.4. The highest BCUT2D eigenvalue weighted by Crippen LogP contribution is 2.09. The van der Waals surface area contributed by atoms with Gasteiger partial charge < -0.3 is 25.4 Å². The Kier molecular flexibility index (Phi) is 12.1. The lowest BCUT2D eigenvalue weighted by Gasteiger charge is -2.27. The highest BCUT2D eigenvalue weighted by molar-refractivity contribution is 5.77. The molecule has 142 valence electrons. The van der Waals surface area contributed by atoms with Crippen LogP contribution in [0, 0.1) is 0 Å². The van der Waals surface area contributed by atoms with E-state index < -0.39 is 5.60 Å². The van der Waals surface area contributed by atoms with Crippen LogP contribution in [0.15, 0.2) is 4.99 Å². The van der Waals surface area contributed by atoms with Gasteiger partial charge >= 0.3 is 6.09 Å². The van der Waals surface area contributed by atoms with Crippen LogP contribution in [0.4, 0.5) is 4.79 Å². The topological polar surface area (TPSA) is 89.2 Å². The minimum atomic E-state index is -0.519. The summed E-state index contributed by atoms with van der Waals surface area (Å²) in [4.78, 5) is 18.1. The number of amides is 1. The number of hydrogen-bond acceptors (Lipinski definition) is 4. The molecule has 0 rings (SSSR count). The van der Waals surface area contributed by atoms with Crippen molar-refractivity contribution in [2.75, 3.05) is 39.9 Å². The highest BCUT2D eigenvalue weighted by atomic mass is 16.6. The Bertz CT molecular complexity index is 367. The van der Waals surface area contributed by atoms with Crippen LogP contribution in [-0.2, 0) is 9.47 Å². The zero-order valence-electron chi connectivity index (χ0n) is 16.1. The van der Waals surface area contributed by atoms with Gasteiger partial charge in [-0.05, 0) is 27.2 Å². The van der Waals surface area contributed by atoms with Crippen molar-refractivity contribution in [3.8, 4) is 0 Å². The summed E-state index contributed by atoms with van der Waals surface area (Å²) in [6.07, 6.45) is 4.31. The standard InChI is InChI=1S/C17H36N4O3/c1-6-7-8-9-10-19-15(18)20-11-12-21(13-14-23-5)16(22)24-17(2,3)4/h6-14H2,1-5H3,(H3,18,19,20). The summed E-state index contributed by atoms with van der Waals surface area (Å²) in [5, 5.41) is 3.04. The molecule has 0 spiro atoms. The first-order chi connectivity index (χ1) is 11.3. The first kappa shape index (κ1) is 22.5. The SMILES string of the molecule is CCCCCCN=C(N)NCCN(CCOC)C(=O)OC(C)(C)C. The summed E-state index contributed by atoms with van der Waals surface area (Å²) in [6.45, 7) is 10.4. The number of hydrogen-bond donors (Lipinski definition) is 2. The Morgan fingerprint density at radius 3 is 2.50 bits per heavy atom. The van der Waals surface area contributed by atoms with E-state index >= 15 is 0 Å². The van der Waals surface area contributed by atoms with E-state index in [0.29, 0.717) is 32.2 Å². The number of rotatable bonds is 11. The van der Waals surface area contributed by atoms with Gasteiger partial charge in [-0.15, -0.1) is 0 Å². The molecule has 24 heavy (non-hydrogen) atoms. The maximum absolute atomic E-state index is 12.2. The van der Waals surface area contributed by atoms with Crippen LogP contribution in [0.5, 0.6) is 0 Å². The van der Waals surface area contributed by atoms with Gasteiger partial charge in [-0.25, -0.2) is 4.79 Å². The third-order valence-electron chi connectivity index (χ3n) is 3.20. The monoisotopic (exact) mass is 344 g/mol. The number of guanidine groups is 1. The normalized spacial score (nSPS) is 12.1. The third kappa shape index (κ3) is 13.0. The molecule has 0 bridgehead atoms. The van der Waals surface area contributed by atoms with Gasteiger partial charge in [0.2, 0.25) is 0 Å². The molecule has 7 heteroatoms. The van der Waals surface area contributed by atoms with E-state index in [4.69, 9.17) is 15.2 Å². The Morgan fingerprint density at radius 2 is 1.92 bits per heavy atom. The maximum atomic E-state index is 12.2. The number of nitrogens with one attached hydrogen (secondary N) is 1. The average molecular weight is 345 g/mol. The van der Waals surface area contributed by atoms with E-state index in [2.05, 4.69) is 17.2 Å². The van der Waals surface area contributed by atoms with Crippen LogP contribution in [0.25, 0.3) is 0 Å². The average Bonchev–Trinajstić information content (AvgIpc) is 2.48. The molecule has 0 heterocycles. The predicted octanol–water partition coefficient (Wildman–Crippen LogP) is 2.35. The van der Waals surface area contributed by atoms with E-state index in [1.165, 1.54) is 19.3 Å². The van der Waals surface area contributed by atoms with Gasteiger partial charge in [0.15, 0.2) is 5.96 Å². The van der Waals surface area contributed by atoms with Gasteiger partial charge in [-0.2, -0.15) is 0 Å². The van der Waals surface area contributed by atoms with Crippen LogP contribution < -0.4 is 11.1 Å². The second kappa shape index (κ2) is 12.9. The smallest absolute Gasteiger partial charge is 0.410 e. The molecule has 0 saturated heterocycles. The Hall–Kier alpha value is -1.50. The number of carbonyl (C=O) groups excluding carboxylic acids is 1. The lowest BCUT2D eigenvalue weighted by atomic mass is 10.2. The zero-order chi connectivity index (χ0) is 18.4. The molecule has 7 nitrogen and oxygen atoms in total. The molecular formula is C17H36N4O3. The molecule has 0 aliphatic carbocycles. The molecule has 1 amide bonds. The van der Waals surface area contributed by atoms with Crippen molar-refractivity contribution in [3.05, 3.63) is 0 Å². The number of methoxy groups -OCH3 is 1. The minimum absolute atomic E-state index is 0.351. The number of unbranched alkanes of at least 4 members (excludes halogenated alkanes) is 3. The molecule has 0 aliphatic heterocycles. The fraction of sp³-hybridized carbons (Fsp3) is 0.882. The summed E-state index contributed by atoms with van der Waals surface area (Å²) in [6, 6.07) is 0. The van der Waals surface area contributed by atoms with E-state index in [0.717, 1.165) is 13.0 Å². The summed E-state index contributed by atoms with van der Waals surface area (Å²) in [5.41, 5.74) is 5.31. The number of nitrogens with zero attached hydrogens (tertiary/aromatic N) is 2. The van der Waals surface area contributed by atoms with Crippen LogP contribution in [0.1, 0.15) is 53.4 Å². The first-order valence-electron chi connectivity index (χ1n) is 8.80. The molecule has 0 radical (unpaired) electrons. The van der Waals surface area contributed by atoms with Crippen molar-refractivity contribution in [2.45, 2.75) is 59.0 Å². The lowest BCUT2D eigenvalue weighted by Crippen LogP contribution is -2.44. The fourth-order valence-electron chi connectivity index (χ4n) is 1.94. The zero-order valence-corrected chi connectivity index (χ0v) is 16.1. The number of ether oxygens (including phenoxy) is 2. The van der Waals surface area contributed by atoms with Crippen molar-refractivity contribution in [3.63, 3.8) is 0 Å². The van der Waals surface area contributed by atoms with E-state index in [1.807, 2.05) is 20.8 Å². The van der Waals surface area contributed by atoms with Crippen LogP contribution in [-0.4, -0.2) is 62.4 Å². The fourth-order valence-corrected chi connectivity index (χ4v) is 1.94. The van der Waals surface area contributed by atoms with Crippen molar-refractivity contribution in [1.82, 2.24) is 10.2 Å². The molecule has 3 N–H and O–H groups in total. The van der Waals surface area contributed by atoms with Crippen molar-refractivity contribution >= 4 is 12.1 Å². The Balaban J connectivity index is 4.21. The van der Waals surface area contributed by atoms with Gasteiger partial charge in [-0.1, -0.05) is 26.2 Å².